The van der Waals surface area contributed by atoms with E-state index in [1.165, 1.54) is 11.0 Å². The first-order chi connectivity index (χ1) is 7.52. The number of amides is 1. The highest BCUT2D eigenvalue weighted by molar-refractivity contribution is 7.80. The third-order valence-electron chi connectivity index (χ3n) is 2.08. The van der Waals surface area contributed by atoms with Gasteiger partial charge in [-0.15, -0.1) is 5.10 Å². The van der Waals surface area contributed by atoms with E-state index in [1.807, 2.05) is 13.8 Å². The van der Waals surface area contributed by atoms with Crippen LogP contribution < -0.4 is 11.1 Å². The van der Waals surface area contributed by atoms with Gasteiger partial charge in [0, 0.05) is 6.04 Å². The van der Waals surface area contributed by atoms with Gasteiger partial charge in [-0.25, -0.2) is 9.67 Å². The van der Waals surface area contributed by atoms with Gasteiger partial charge in [-0.05, 0) is 13.3 Å². The Balaban J connectivity index is 2.53. The zero-order valence-electron chi connectivity index (χ0n) is 9.30. The molecule has 1 aromatic heterocycles. The predicted octanol–water partition coefficient (Wildman–Crippen LogP) is -0.173. The number of carbonyl (C=O) groups excluding carboxylic acids is 1. The molecule has 0 saturated heterocycles. The molecule has 0 aromatic carbocycles. The van der Waals surface area contributed by atoms with E-state index in [-0.39, 0.29) is 29.3 Å². The summed E-state index contributed by atoms with van der Waals surface area (Å²) in [6.07, 6.45) is 2.33. The van der Waals surface area contributed by atoms with Gasteiger partial charge >= 0.3 is 0 Å². The van der Waals surface area contributed by atoms with Crippen molar-refractivity contribution in [1.29, 1.82) is 0 Å². The first-order valence-electron chi connectivity index (χ1n) is 5.01. The summed E-state index contributed by atoms with van der Waals surface area (Å²) in [5.41, 5.74) is 5.35. The molecule has 0 aliphatic rings. The molecule has 7 heteroatoms. The molecule has 3 N–H and O–H groups in total. The molecule has 1 aromatic rings. The van der Waals surface area contributed by atoms with Crippen molar-refractivity contribution < 1.29 is 4.79 Å². The summed E-state index contributed by atoms with van der Waals surface area (Å²) < 4.78 is 1.41. The van der Waals surface area contributed by atoms with Gasteiger partial charge in [0.25, 0.3) is 0 Å². The molecule has 0 aliphatic heterocycles. The second-order valence-corrected chi connectivity index (χ2v) is 3.95. The van der Waals surface area contributed by atoms with Crippen LogP contribution in [-0.2, 0) is 11.3 Å². The van der Waals surface area contributed by atoms with Crippen LogP contribution in [0.1, 0.15) is 26.1 Å². The maximum Gasteiger partial charge on any atom is 0.242 e. The van der Waals surface area contributed by atoms with E-state index in [0.29, 0.717) is 0 Å². The molecule has 16 heavy (non-hydrogen) atoms. The Kier molecular flexibility index (Phi) is 4.36. The molecule has 0 spiro atoms. The lowest BCUT2D eigenvalue weighted by Gasteiger charge is -2.10. The number of rotatable bonds is 5. The first-order valence-corrected chi connectivity index (χ1v) is 5.42. The van der Waals surface area contributed by atoms with Crippen molar-refractivity contribution in [2.45, 2.75) is 32.9 Å². The normalized spacial score (nSPS) is 12.1. The summed E-state index contributed by atoms with van der Waals surface area (Å²) in [6.45, 7) is 4.07. The third-order valence-corrected chi connectivity index (χ3v) is 2.26. The molecular weight excluding hydrogens is 226 g/mol. The minimum absolute atomic E-state index is 0.103. The number of carbonyl (C=O) groups is 1. The maximum absolute atomic E-state index is 11.5. The highest BCUT2D eigenvalue weighted by atomic mass is 32.1. The average Bonchev–Trinajstić information content (AvgIpc) is 2.65. The van der Waals surface area contributed by atoms with Crippen molar-refractivity contribution in [3.8, 4) is 0 Å². The van der Waals surface area contributed by atoms with Crippen LogP contribution in [0.5, 0.6) is 0 Å². The molecule has 1 rings (SSSR count). The lowest BCUT2D eigenvalue weighted by molar-refractivity contribution is -0.122. The molecular formula is C9H15N5OS. The summed E-state index contributed by atoms with van der Waals surface area (Å²) in [7, 11) is 0. The van der Waals surface area contributed by atoms with Crippen LogP contribution in [0.4, 0.5) is 0 Å². The minimum atomic E-state index is -0.103. The van der Waals surface area contributed by atoms with Gasteiger partial charge in [-0.3, -0.25) is 4.79 Å². The van der Waals surface area contributed by atoms with Crippen molar-refractivity contribution in [3.05, 3.63) is 12.2 Å². The lowest BCUT2D eigenvalue weighted by Crippen LogP contribution is -2.34. The number of hydrogen-bond acceptors (Lipinski definition) is 4. The topological polar surface area (TPSA) is 85.8 Å². The average molecular weight is 241 g/mol. The number of hydrogen-bond donors (Lipinski definition) is 2. The standard InChI is InChI=1S/C9H15N5OS/c1-3-6(2)12-7(15)4-14-5-11-9(13-14)8(10)16/h5-6H,3-4H2,1-2H3,(H2,10,16)(H,12,15). The Morgan fingerprint density at radius 3 is 2.94 bits per heavy atom. The predicted molar refractivity (Wildman–Crippen MR) is 63.8 cm³/mol. The van der Waals surface area contributed by atoms with Crippen molar-refractivity contribution in [2.24, 2.45) is 5.73 Å². The fraction of sp³-hybridized carbons (Fsp3) is 0.556. The number of thiocarbonyl (C=S) groups is 1. The van der Waals surface area contributed by atoms with Gasteiger partial charge in [0.05, 0.1) is 0 Å². The summed E-state index contributed by atoms with van der Waals surface area (Å²) >= 11 is 4.72. The largest absolute Gasteiger partial charge is 0.387 e. The second kappa shape index (κ2) is 5.55. The highest BCUT2D eigenvalue weighted by Crippen LogP contribution is 1.92. The Labute approximate surface area is 99.2 Å². The Morgan fingerprint density at radius 2 is 2.44 bits per heavy atom. The second-order valence-electron chi connectivity index (χ2n) is 3.51. The Bertz CT molecular complexity index is 389. The number of aromatic nitrogens is 3. The fourth-order valence-electron chi connectivity index (χ4n) is 1.05. The Morgan fingerprint density at radius 1 is 1.75 bits per heavy atom. The van der Waals surface area contributed by atoms with E-state index >= 15 is 0 Å². The quantitative estimate of drug-likeness (QED) is 0.699. The van der Waals surface area contributed by atoms with E-state index in [9.17, 15) is 4.79 Å². The highest BCUT2D eigenvalue weighted by Gasteiger charge is 2.08. The molecule has 0 aliphatic carbocycles. The summed E-state index contributed by atoms with van der Waals surface area (Å²) in [5.74, 6) is 0.181. The van der Waals surface area contributed by atoms with Gasteiger partial charge in [-0.2, -0.15) is 0 Å². The fourth-order valence-corrected chi connectivity index (χ4v) is 1.15. The van der Waals surface area contributed by atoms with E-state index in [4.69, 9.17) is 18.0 Å². The molecule has 0 saturated carbocycles. The maximum atomic E-state index is 11.5. The molecule has 0 bridgehead atoms. The van der Waals surface area contributed by atoms with Crippen LogP contribution >= 0.6 is 12.2 Å². The Hall–Kier alpha value is -1.50. The van der Waals surface area contributed by atoms with Gasteiger partial charge in [0.1, 0.15) is 17.9 Å². The van der Waals surface area contributed by atoms with Gasteiger partial charge in [-0.1, -0.05) is 19.1 Å². The van der Waals surface area contributed by atoms with E-state index in [1.54, 1.807) is 0 Å². The van der Waals surface area contributed by atoms with Crippen LogP contribution in [0.15, 0.2) is 6.33 Å². The van der Waals surface area contributed by atoms with Gasteiger partial charge < -0.3 is 11.1 Å². The molecule has 1 unspecified atom stereocenters. The number of nitrogens with one attached hydrogen (secondary N) is 1. The number of nitrogens with two attached hydrogens (primary N) is 1. The summed E-state index contributed by atoms with van der Waals surface area (Å²) in [5, 5.41) is 6.79. The van der Waals surface area contributed by atoms with E-state index < -0.39 is 0 Å². The van der Waals surface area contributed by atoms with Crippen LogP contribution in [0, 0.1) is 0 Å². The molecule has 1 amide bonds. The molecule has 0 fully saturated rings. The minimum Gasteiger partial charge on any atom is -0.387 e. The molecule has 6 nitrogen and oxygen atoms in total. The first kappa shape index (κ1) is 12.6. The molecule has 1 heterocycles. The smallest absolute Gasteiger partial charge is 0.242 e. The molecule has 88 valence electrons. The SMILES string of the molecule is CCC(C)NC(=O)Cn1cnc(C(N)=S)n1. The van der Waals surface area contributed by atoms with Crippen LogP contribution in [0.25, 0.3) is 0 Å². The lowest BCUT2D eigenvalue weighted by atomic mass is 10.2. The molecule has 1 atom stereocenters. The third kappa shape index (κ3) is 3.58. The van der Waals surface area contributed by atoms with Gasteiger partial charge in [0.15, 0.2) is 0 Å². The van der Waals surface area contributed by atoms with Crippen LogP contribution in [0.2, 0.25) is 0 Å². The van der Waals surface area contributed by atoms with Crippen LogP contribution in [0.3, 0.4) is 0 Å². The monoisotopic (exact) mass is 241 g/mol. The summed E-state index contributed by atoms with van der Waals surface area (Å²) in [6, 6.07) is 0.158. The van der Waals surface area contributed by atoms with Crippen molar-refractivity contribution in [3.63, 3.8) is 0 Å². The zero-order chi connectivity index (χ0) is 12.1. The van der Waals surface area contributed by atoms with Crippen LogP contribution in [-0.4, -0.2) is 31.7 Å². The van der Waals surface area contributed by atoms with Crippen molar-refractivity contribution >= 4 is 23.1 Å². The van der Waals surface area contributed by atoms with Gasteiger partial charge in [0.2, 0.25) is 11.7 Å². The van der Waals surface area contributed by atoms with Crippen molar-refractivity contribution in [1.82, 2.24) is 20.1 Å². The van der Waals surface area contributed by atoms with E-state index in [0.717, 1.165) is 6.42 Å². The summed E-state index contributed by atoms with van der Waals surface area (Å²) in [4.78, 5) is 15.5. The van der Waals surface area contributed by atoms with Crippen molar-refractivity contribution in [2.75, 3.05) is 0 Å². The van der Waals surface area contributed by atoms with E-state index in [2.05, 4.69) is 15.4 Å². The number of nitrogens with zero attached hydrogens (tertiary/aromatic N) is 3. The zero-order valence-corrected chi connectivity index (χ0v) is 10.1. The molecule has 0 radical (unpaired) electrons.